The number of halogens is 3. The molecule has 0 spiro atoms. The number of hydrogen-bond acceptors (Lipinski definition) is 3. The zero-order chi connectivity index (χ0) is 13.6. The van der Waals surface area contributed by atoms with Crippen molar-refractivity contribution in [1.29, 1.82) is 0 Å². The van der Waals surface area contributed by atoms with Crippen LogP contribution in [0.3, 0.4) is 0 Å². The summed E-state index contributed by atoms with van der Waals surface area (Å²) in [7, 11) is 0. The maximum Gasteiger partial charge on any atom is 0.490 e. The first-order valence-electron chi connectivity index (χ1n) is 5.23. The number of hydrogen-bond donors (Lipinski definition) is 2. The van der Waals surface area contributed by atoms with E-state index in [1.54, 1.807) is 0 Å². The number of carbonyl (C=O) groups excluding carboxylic acids is 1. The minimum absolute atomic E-state index is 0.167. The van der Waals surface area contributed by atoms with Gasteiger partial charge in [0.15, 0.2) is 5.78 Å². The van der Waals surface area contributed by atoms with Gasteiger partial charge in [-0.3, -0.25) is 4.79 Å². The Balaban J connectivity index is 0.000000325. The molecular formula is C10H16F3NO3. The van der Waals surface area contributed by atoms with E-state index in [0.29, 0.717) is 5.78 Å². The van der Waals surface area contributed by atoms with Crippen molar-refractivity contribution in [2.24, 2.45) is 5.92 Å². The fourth-order valence-electron chi connectivity index (χ4n) is 1.33. The van der Waals surface area contributed by atoms with Crippen LogP contribution in [0.1, 0.15) is 26.7 Å². The molecule has 0 aliphatic carbocycles. The SMILES string of the molecule is CC(C)C(=O)[C@@H]1CCCN1.O=C(O)C(F)(F)F. The lowest BCUT2D eigenvalue weighted by Gasteiger charge is -2.10. The maximum atomic E-state index is 11.3. The zero-order valence-electron chi connectivity index (χ0n) is 9.67. The molecule has 7 heteroatoms. The summed E-state index contributed by atoms with van der Waals surface area (Å²) in [6.45, 7) is 4.94. The minimum atomic E-state index is -5.08. The Morgan fingerprint density at radius 3 is 2.06 bits per heavy atom. The van der Waals surface area contributed by atoms with Gasteiger partial charge in [0.1, 0.15) is 0 Å². The minimum Gasteiger partial charge on any atom is -0.475 e. The number of ketones is 1. The lowest BCUT2D eigenvalue weighted by molar-refractivity contribution is -0.192. The van der Waals surface area contributed by atoms with Crippen LogP contribution in [0, 0.1) is 5.92 Å². The molecular weight excluding hydrogens is 239 g/mol. The van der Waals surface area contributed by atoms with Crippen LogP contribution in [-0.2, 0) is 9.59 Å². The first-order chi connectivity index (χ1) is 7.66. The average molecular weight is 255 g/mol. The van der Waals surface area contributed by atoms with Gasteiger partial charge in [-0.05, 0) is 19.4 Å². The molecule has 1 aliphatic heterocycles. The second-order valence-electron chi connectivity index (χ2n) is 4.01. The van der Waals surface area contributed by atoms with Crippen molar-refractivity contribution in [2.75, 3.05) is 6.54 Å². The molecule has 1 rings (SSSR count). The summed E-state index contributed by atoms with van der Waals surface area (Å²) < 4.78 is 31.7. The Morgan fingerprint density at radius 2 is 1.82 bits per heavy atom. The average Bonchev–Trinajstić information content (AvgIpc) is 2.68. The fraction of sp³-hybridized carbons (Fsp3) is 0.800. The van der Waals surface area contributed by atoms with Gasteiger partial charge in [-0.25, -0.2) is 4.79 Å². The Morgan fingerprint density at radius 1 is 1.35 bits per heavy atom. The molecule has 0 unspecified atom stereocenters. The number of aliphatic carboxylic acids is 1. The van der Waals surface area contributed by atoms with Crippen molar-refractivity contribution < 1.29 is 27.9 Å². The largest absolute Gasteiger partial charge is 0.490 e. The van der Waals surface area contributed by atoms with Gasteiger partial charge in [0, 0.05) is 5.92 Å². The molecule has 0 bridgehead atoms. The first-order valence-corrected chi connectivity index (χ1v) is 5.23. The smallest absolute Gasteiger partial charge is 0.475 e. The molecule has 0 saturated carbocycles. The number of rotatable bonds is 2. The molecule has 0 amide bonds. The van der Waals surface area contributed by atoms with Crippen LogP contribution in [0.2, 0.25) is 0 Å². The van der Waals surface area contributed by atoms with Crippen LogP contribution in [0.4, 0.5) is 13.2 Å². The van der Waals surface area contributed by atoms with Gasteiger partial charge in [-0.2, -0.15) is 13.2 Å². The van der Waals surface area contributed by atoms with Gasteiger partial charge in [-0.15, -0.1) is 0 Å². The molecule has 17 heavy (non-hydrogen) atoms. The van der Waals surface area contributed by atoms with E-state index in [1.807, 2.05) is 13.8 Å². The summed E-state index contributed by atoms with van der Waals surface area (Å²) in [5.41, 5.74) is 0. The monoisotopic (exact) mass is 255 g/mol. The number of Topliss-reactive ketones (excluding diaryl/α,β-unsaturated/α-hetero) is 1. The quantitative estimate of drug-likeness (QED) is 0.786. The van der Waals surface area contributed by atoms with Gasteiger partial charge < -0.3 is 10.4 Å². The van der Waals surface area contributed by atoms with E-state index >= 15 is 0 Å². The van der Waals surface area contributed by atoms with Gasteiger partial charge in [-0.1, -0.05) is 13.8 Å². The topological polar surface area (TPSA) is 66.4 Å². The number of carboxylic acids is 1. The summed E-state index contributed by atoms with van der Waals surface area (Å²) in [6, 6.07) is 0.167. The van der Waals surface area contributed by atoms with Crippen LogP contribution in [-0.4, -0.2) is 35.6 Å². The molecule has 0 aromatic rings. The van der Waals surface area contributed by atoms with E-state index in [4.69, 9.17) is 9.90 Å². The highest BCUT2D eigenvalue weighted by atomic mass is 19.4. The van der Waals surface area contributed by atoms with Gasteiger partial charge >= 0.3 is 12.1 Å². The molecule has 100 valence electrons. The molecule has 1 saturated heterocycles. The van der Waals surface area contributed by atoms with E-state index in [1.165, 1.54) is 0 Å². The number of nitrogens with one attached hydrogen (secondary N) is 1. The van der Waals surface area contributed by atoms with Crippen LogP contribution in [0.15, 0.2) is 0 Å². The van der Waals surface area contributed by atoms with Crippen molar-refractivity contribution in [3.63, 3.8) is 0 Å². The van der Waals surface area contributed by atoms with Crippen LogP contribution >= 0.6 is 0 Å². The zero-order valence-corrected chi connectivity index (χ0v) is 9.67. The predicted octanol–water partition coefficient (Wildman–Crippen LogP) is 1.60. The van der Waals surface area contributed by atoms with Gasteiger partial charge in [0.05, 0.1) is 6.04 Å². The number of carboxylic acid groups (broad SMARTS) is 1. The Hall–Kier alpha value is -1.11. The summed E-state index contributed by atoms with van der Waals surface area (Å²) >= 11 is 0. The van der Waals surface area contributed by atoms with E-state index < -0.39 is 12.1 Å². The normalized spacial score (nSPS) is 19.8. The van der Waals surface area contributed by atoms with E-state index in [9.17, 15) is 18.0 Å². The second kappa shape index (κ2) is 6.58. The highest BCUT2D eigenvalue weighted by molar-refractivity contribution is 5.85. The Labute approximate surface area is 97.2 Å². The molecule has 1 fully saturated rings. The highest BCUT2D eigenvalue weighted by Gasteiger charge is 2.38. The van der Waals surface area contributed by atoms with Crippen molar-refractivity contribution in [3.05, 3.63) is 0 Å². The lowest BCUT2D eigenvalue weighted by atomic mass is 10.0. The summed E-state index contributed by atoms with van der Waals surface area (Å²) in [5.74, 6) is -2.19. The summed E-state index contributed by atoms with van der Waals surface area (Å²) in [5, 5.41) is 10.3. The molecule has 0 radical (unpaired) electrons. The predicted molar refractivity (Wildman–Crippen MR) is 54.6 cm³/mol. The van der Waals surface area contributed by atoms with Crippen LogP contribution < -0.4 is 5.32 Å². The second-order valence-corrected chi connectivity index (χ2v) is 4.01. The van der Waals surface area contributed by atoms with Crippen molar-refractivity contribution >= 4 is 11.8 Å². The molecule has 0 aromatic carbocycles. The Bertz CT molecular complexity index is 270. The summed E-state index contributed by atoms with van der Waals surface area (Å²) in [4.78, 5) is 20.2. The van der Waals surface area contributed by atoms with Gasteiger partial charge in [0.2, 0.25) is 0 Å². The van der Waals surface area contributed by atoms with Crippen molar-refractivity contribution in [2.45, 2.75) is 38.9 Å². The Kier molecular flexibility index (Phi) is 6.15. The van der Waals surface area contributed by atoms with E-state index in [2.05, 4.69) is 5.32 Å². The van der Waals surface area contributed by atoms with Crippen molar-refractivity contribution in [1.82, 2.24) is 5.32 Å². The summed E-state index contributed by atoms with van der Waals surface area (Å²) in [6.07, 6.45) is -2.89. The molecule has 0 aromatic heterocycles. The third-order valence-electron chi connectivity index (χ3n) is 2.22. The van der Waals surface area contributed by atoms with Gasteiger partial charge in [0.25, 0.3) is 0 Å². The molecule has 1 aliphatic rings. The first kappa shape index (κ1) is 15.9. The highest BCUT2D eigenvalue weighted by Crippen LogP contribution is 2.13. The molecule has 4 nitrogen and oxygen atoms in total. The van der Waals surface area contributed by atoms with Crippen LogP contribution in [0.5, 0.6) is 0 Å². The van der Waals surface area contributed by atoms with Crippen molar-refractivity contribution in [3.8, 4) is 0 Å². The third kappa shape index (κ3) is 6.25. The third-order valence-corrected chi connectivity index (χ3v) is 2.22. The van der Waals surface area contributed by atoms with E-state index in [0.717, 1.165) is 19.4 Å². The fourth-order valence-corrected chi connectivity index (χ4v) is 1.33. The number of carbonyl (C=O) groups is 2. The lowest BCUT2D eigenvalue weighted by Crippen LogP contribution is -2.33. The van der Waals surface area contributed by atoms with Crippen LogP contribution in [0.25, 0.3) is 0 Å². The number of alkyl halides is 3. The molecule has 1 atom stereocenters. The molecule has 2 N–H and O–H groups in total. The standard InChI is InChI=1S/C8H15NO.C2HF3O2/c1-6(2)8(10)7-4-3-5-9-7;3-2(4,5)1(6)7/h6-7,9H,3-5H2,1-2H3;(H,6,7)/t7-;/m0./s1. The molecule has 1 heterocycles. The maximum absolute atomic E-state index is 11.3. The van der Waals surface area contributed by atoms with E-state index in [-0.39, 0.29) is 12.0 Å².